The summed E-state index contributed by atoms with van der Waals surface area (Å²) < 4.78 is 5.40. The first-order valence-electron chi connectivity index (χ1n) is 7.76. The van der Waals surface area contributed by atoms with Crippen LogP contribution in [0.4, 0.5) is 5.69 Å². The van der Waals surface area contributed by atoms with Crippen molar-refractivity contribution in [1.29, 1.82) is 0 Å². The molecule has 0 aromatic heterocycles. The fraction of sp³-hybridized carbons (Fsp3) is 0.263. The Morgan fingerprint density at radius 3 is 2.71 bits per heavy atom. The van der Waals surface area contributed by atoms with Gasteiger partial charge in [-0.05, 0) is 32.0 Å². The molecule has 1 amide bonds. The summed E-state index contributed by atoms with van der Waals surface area (Å²) in [5.41, 5.74) is 2.34. The third-order valence-electron chi connectivity index (χ3n) is 4.09. The Labute approximate surface area is 145 Å². The van der Waals surface area contributed by atoms with E-state index in [1.54, 1.807) is 12.0 Å². The van der Waals surface area contributed by atoms with Crippen LogP contribution in [-0.2, 0) is 11.3 Å². The number of methoxy groups -OCH3 is 1. The molecule has 1 unspecified atom stereocenters. The number of carbonyl (C=O) groups excluding carboxylic acids is 2. The molecule has 1 atom stereocenters. The van der Waals surface area contributed by atoms with Crippen molar-refractivity contribution in [2.75, 3.05) is 12.0 Å². The van der Waals surface area contributed by atoms with Crippen molar-refractivity contribution in [2.45, 2.75) is 30.5 Å². The summed E-state index contributed by atoms with van der Waals surface area (Å²) in [6, 6.07) is 13.2. The van der Waals surface area contributed by atoms with E-state index in [4.69, 9.17) is 4.74 Å². The van der Waals surface area contributed by atoms with Crippen LogP contribution in [0.1, 0.15) is 29.8 Å². The molecule has 0 saturated heterocycles. The van der Waals surface area contributed by atoms with Gasteiger partial charge in [0.25, 0.3) is 0 Å². The number of thioether (sulfide) groups is 1. The minimum Gasteiger partial charge on any atom is -0.496 e. The van der Waals surface area contributed by atoms with Gasteiger partial charge in [0.15, 0.2) is 5.78 Å². The van der Waals surface area contributed by atoms with E-state index in [9.17, 15) is 9.59 Å². The van der Waals surface area contributed by atoms with Crippen molar-refractivity contribution >= 4 is 29.1 Å². The number of fused-ring (bicyclic) bond motifs is 1. The summed E-state index contributed by atoms with van der Waals surface area (Å²) in [5.74, 6) is 0.783. The number of hydrogen-bond donors (Lipinski definition) is 0. The Hall–Kier alpha value is -2.27. The second kappa shape index (κ2) is 6.69. The first kappa shape index (κ1) is 16.6. The summed E-state index contributed by atoms with van der Waals surface area (Å²) in [7, 11) is 1.62. The Bertz CT molecular complexity index is 803. The molecule has 0 radical (unpaired) electrons. The van der Waals surface area contributed by atoms with Gasteiger partial charge in [0.2, 0.25) is 5.91 Å². The van der Waals surface area contributed by atoms with Crippen molar-refractivity contribution in [1.82, 2.24) is 0 Å². The molecule has 0 N–H and O–H groups in total. The number of anilines is 1. The number of ether oxygens (including phenoxy) is 1. The van der Waals surface area contributed by atoms with Gasteiger partial charge in [0, 0.05) is 16.0 Å². The Morgan fingerprint density at radius 1 is 1.25 bits per heavy atom. The zero-order valence-corrected chi connectivity index (χ0v) is 14.7. The molecule has 0 bridgehead atoms. The zero-order chi connectivity index (χ0) is 17.3. The average molecular weight is 341 g/mol. The largest absolute Gasteiger partial charge is 0.496 e. The van der Waals surface area contributed by atoms with E-state index in [-0.39, 0.29) is 16.9 Å². The lowest BCUT2D eigenvalue weighted by Crippen LogP contribution is -2.39. The predicted molar refractivity (Wildman–Crippen MR) is 95.9 cm³/mol. The quantitative estimate of drug-likeness (QED) is 0.791. The maximum atomic E-state index is 12.8. The number of carbonyl (C=O) groups is 2. The van der Waals surface area contributed by atoms with Gasteiger partial charge in [0.05, 0.1) is 24.6 Å². The molecule has 124 valence electrons. The van der Waals surface area contributed by atoms with Gasteiger partial charge >= 0.3 is 0 Å². The number of benzene rings is 2. The first-order valence-corrected chi connectivity index (χ1v) is 8.64. The van der Waals surface area contributed by atoms with Crippen molar-refractivity contribution in [3.05, 3.63) is 53.6 Å². The van der Waals surface area contributed by atoms with Gasteiger partial charge in [-0.1, -0.05) is 24.3 Å². The standard InChI is InChI=1S/C19H19NO3S/c1-12(21)14-8-9-18-16(10-14)20(19(22)13(2)24-18)11-15-6-4-5-7-17(15)23-3/h4-10,13H,11H2,1-3H3. The second-order valence-electron chi connectivity index (χ2n) is 5.73. The normalized spacial score (nSPS) is 16.7. The van der Waals surface area contributed by atoms with Crippen LogP contribution in [0.15, 0.2) is 47.4 Å². The molecular weight excluding hydrogens is 322 g/mol. The molecule has 2 aromatic carbocycles. The molecule has 5 heteroatoms. The lowest BCUT2D eigenvalue weighted by atomic mass is 10.1. The van der Waals surface area contributed by atoms with Gasteiger partial charge in [0.1, 0.15) is 5.75 Å². The number of Topliss-reactive ketones (excluding diaryl/α,β-unsaturated/α-hetero) is 1. The third kappa shape index (κ3) is 3.04. The lowest BCUT2D eigenvalue weighted by molar-refractivity contribution is -0.118. The lowest BCUT2D eigenvalue weighted by Gasteiger charge is -2.33. The van der Waals surface area contributed by atoms with Gasteiger partial charge in [-0.25, -0.2) is 0 Å². The van der Waals surface area contributed by atoms with Gasteiger partial charge < -0.3 is 9.64 Å². The third-order valence-corrected chi connectivity index (χ3v) is 5.25. The molecule has 0 aliphatic carbocycles. The van der Waals surface area contributed by atoms with E-state index < -0.39 is 0 Å². The van der Waals surface area contributed by atoms with Crippen LogP contribution in [-0.4, -0.2) is 24.1 Å². The highest BCUT2D eigenvalue weighted by molar-refractivity contribution is 8.00. The maximum Gasteiger partial charge on any atom is 0.240 e. The van der Waals surface area contributed by atoms with E-state index in [1.807, 2.05) is 49.4 Å². The molecule has 0 fully saturated rings. The monoisotopic (exact) mass is 341 g/mol. The van der Waals surface area contributed by atoms with Crippen LogP contribution in [0.2, 0.25) is 0 Å². The summed E-state index contributed by atoms with van der Waals surface area (Å²) in [6.45, 7) is 3.86. The average Bonchev–Trinajstić information content (AvgIpc) is 2.58. The second-order valence-corrected chi connectivity index (χ2v) is 7.12. The van der Waals surface area contributed by atoms with E-state index in [0.29, 0.717) is 12.1 Å². The molecule has 1 aliphatic rings. The predicted octanol–water partition coefficient (Wildman–Crippen LogP) is 3.93. The molecule has 4 nitrogen and oxygen atoms in total. The van der Waals surface area contributed by atoms with E-state index >= 15 is 0 Å². The van der Waals surface area contributed by atoms with Crippen molar-refractivity contribution < 1.29 is 14.3 Å². The van der Waals surface area contributed by atoms with Crippen LogP contribution >= 0.6 is 11.8 Å². The number of nitrogens with zero attached hydrogens (tertiary/aromatic N) is 1. The molecular formula is C19H19NO3S. The molecule has 2 aromatic rings. The number of ketones is 1. The van der Waals surface area contributed by atoms with Crippen LogP contribution < -0.4 is 9.64 Å². The van der Waals surface area contributed by atoms with Crippen molar-refractivity contribution in [3.8, 4) is 5.75 Å². The molecule has 24 heavy (non-hydrogen) atoms. The number of para-hydroxylation sites is 1. The highest BCUT2D eigenvalue weighted by Crippen LogP contribution is 2.41. The van der Waals surface area contributed by atoms with Crippen LogP contribution in [0.25, 0.3) is 0 Å². The highest BCUT2D eigenvalue weighted by Gasteiger charge is 2.31. The Morgan fingerprint density at radius 2 is 2.00 bits per heavy atom. The highest BCUT2D eigenvalue weighted by atomic mass is 32.2. The van der Waals surface area contributed by atoms with Crippen LogP contribution in [0, 0.1) is 0 Å². The summed E-state index contributed by atoms with van der Waals surface area (Å²) in [5, 5.41) is -0.157. The van der Waals surface area contributed by atoms with E-state index in [2.05, 4.69) is 0 Å². The summed E-state index contributed by atoms with van der Waals surface area (Å²) in [6.07, 6.45) is 0. The minimum absolute atomic E-state index is 0.00823. The SMILES string of the molecule is COc1ccccc1CN1C(=O)C(C)Sc2ccc(C(C)=O)cc21. The number of amides is 1. The van der Waals surface area contributed by atoms with E-state index in [1.165, 1.54) is 18.7 Å². The molecule has 3 rings (SSSR count). The fourth-order valence-corrected chi connectivity index (χ4v) is 3.84. The molecule has 1 aliphatic heterocycles. The van der Waals surface area contributed by atoms with Crippen LogP contribution in [0.3, 0.4) is 0 Å². The molecule has 0 spiro atoms. The molecule has 1 heterocycles. The van der Waals surface area contributed by atoms with Crippen molar-refractivity contribution in [3.63, 3.8) is 0 Å². The van der Waals surface area contributed by atoms with Gasteiger partial charge in [-0.15, -0.1) is 11.8 Å². The fourth-order valence-electron chi connectivity index (χ4n) is 2.79. The molecule has 0 saturated carbocycles. The van der Waals surface area contributed by atoms with Gasteiger partial charge in [-0.2, -0.15) is 0 Å². The topological polar surface area (TPSA) is 46.6 Å². The van der Waals surface area contributed by atoms with E-state index in [0.717, 1.165) is 21.9 Å². The van der Waals surface area contributed by atoms with Crippen LogP contribution in [0.5, 0.6) is 5.75 Å². The summed E-state index contributed by atoms with van der Waals surface area (Å²) >= 11 is 1.53. The van der Waals surface area contributed by atoms with Gasteiger partial charge in [-0.3, -0.25) is 9.59 Å². The van der Waals surface area contributed by atoms with Crippen molar-refractivity contribution in [2.24, 2.45) is 0 Å². The number of rotatable bonds is 4. The smallest absolute Gasteiger partial charge is 0.240 e. The Kier molecular flexibility index (Phi) is 4.62. The first-order chi connectivity index (χ1) is 11.5. The maximum absolute atomic E-state index is 12.8. The minimum atomic E-state index is -0.157. The number of hydrogen-bond acceptors (Lipinski definition) is 4. The Balaban J connectivity index is 2.05. The zero-order valence-electron chi connectivity index (χ0n) is 13.9. The summed E-state index contributed by atoms with van der Waals surface area (Å²) in [4.78, 5) is 27.2.